The minimum Gasteiger partial charge on any atom is -0.323 e. The lowest BCUT2D eigenvalue weighted by Crippen LogP contribution is -2.08. The number of nitrogens with one attached hydrogen (secondary N) is 1. The molecule has 0 heterocycles. The zero-order valence-corrected chi connectivity index (χ0v) is 6.41. The third-order valence-corrected chi connectivity index (χ3v) is 1.38. The van der Waals surface area contributed by atoms with Crippen LogP contribution >= 0.6 is 0 Å². The van der Waals surface area contributed by atoms with Gasteiger partial charge < -0.3 is 5.43 Å². The highest BCUT2D eigenvalue weighted by atomic mass is 15.2. The van der Waals surface area contributed by atoms with Crippen LogP contribution in [0.4, 0.5) is 5.69 Å². The Kier molecular flexibility index (Phi) is 2.63. The average Bonchev–Trinajstić information content (AvgIpc) is 2.06. The van der Waals surface area contributed by atoms with E-state index < -0.39 is 0 Å². The molecule has 11 heavy (non-hydrogen) atoms. The molecule has 0 aliphatic carbocycles. The van der Waals surface area contributed by atoms with Gasteiger partial charge >= 0.3 is 0 Å². The van der Waals surface area contributed by atoms with Crippen LogP contribution in [0.3, 0.4) is 0 Å². The Morgan fingerprint density at radius 2 is 2.18 bits per heavy atom. The number of hydrazine groups is 1. The minimum atomic E-state index is 0.887. The molecule has 1 aromatic carbocycles. The Bertz CT molecular complexity index is 255. The van der Waals surface area contributed by atoms with Gasteiger partial charge in [0.15, 0.2) is 0 Å². The first-order valence-corrected chi connectivity index (χ1v) is 3.36. The third-order valence-electron chi connectivity index (χ3n) is 1.38. The molecule has 0 aromatic heterocycles. The summed E-state index contributed by atoms with van der Waals surface area (Å²) in [6.07, 6.45) is 1.76. The van der Waals surface area contributed by atoms with Crippen LogP contribution in [0.15, 0.2) is 29.3 Å². The van der Waals surface area contributed by atoms with E-state index in [9.17, 15) is 0 Å². The van der Waals surface area contributed by atoms with Crippen LogP contribution in [0, 0.1) is 0 Å². The molecule has 0 saturated heterocycles. The SMILES string of the molecule is CN=Cc1ccccc1NN. The predicted molar refractivity (Wildman–Crippen MR) is 47.8 cm³/mol. The molecule has 0 fully saturated rings. The van der Waals surface area contributed by atoms with Crippen molar-refractivity contribution in [2.45, 2.75) is 0 Å². The van der Waals surface area contributed by atoms with Crippen molar-refractivity contribution in [1.82, 2.24) is 0 Å². The lowest BCUT2D eigenvalue weighted by Gasteiger charge is -2.02. The molecule has 3 N–H and O–H groups in total. The Morgan fingerprint density at radius 1 is 1.45 bits per heavy atom. The normalized spacial score (nSPS) is 10.4. The molecule has 0 aliphatic rings. The average molecular weight is 149 g/mol. The lowest BCUT2D eigenvalue weighted by molar-refractivity contribution is 1.34. The standard InChI is InChI=1S/C8H11N3/c1-10-6-7-4-2-3-5-8(7)11-9/h2-6,11H,9H2,1H3. The summed E-state index contributed by atoms with van der Waals surface area (Å²) in [5.41, 5.74) is 4.47. The van der Waals surface area contributed by atoms with E-state index in [0.29, 0.717) is 0 Å². The molecule has 0 unspecified atom stereocenters. The van der Waals surface area contributed by atoms with Crippen molar-refractivity contribution in [2.24, 2.45) is 10.8 Å². The van der Waals surface area contributed by atoms with E-state index in [1.807, 2.05) is 24.3 Å². The number of rotatable bonds is 2. The molecular weight excluding hydrogens is 138 g/mol. The molecule has 0 saturated carbocycles. The van der Waals surface area contributed by atoms with Crippen LogP contribution in [0.25, 0.3) is 0 Å². The van der Waals surface area contributed by atoms with Crippen LogP contribution in [0.1, 0.15) is 5.56 Å². The number of hydrogen-bond acceptors (Lipinski definition) is 3. The van der Waals surface area contributed by atoms with Gasteiger partial charge in [-0.2, -0.15) is 0 Å². The van der Waals surface area contributed by atoms with E-state index >= 15 is 0 Å². The fraction of sp³-hybridized carbons (Fsp3) is 0.125. The second kappa shape index (κ2) is 3.73. The van der Waals surface area contributed by atoms with Crippen molar-refractivity contribution in [3.05, 3.63) is 29.8 Å². The second-order valence-corrected chi connectivity index (χ2v) is 2.12. The topological polar surface area (TPSA) is 50.4 Å². The van der Waals surface area contributed by atoms with E-state index in [1.165, 1.54) is 0 Å². The minimum absolute atomic E-state index is 0.887. The summed E-state index contributed by atoms with van der Waals surface area (Å²) < 4.78 is 0. The van der Waals surface area contributed by atoms with Crippen LogP contribution < -0.4 is 11.3 Å². The number of nitrogen functional groups attached to an aromatic ring is 1. The van der Waals surface area contributed by atoms with Crippen molar-refractivity contribution in [1.29, 1.82) is 0 Å². The zero-order chi connectivity index (χ0) is 8.10. The van der Waals surface area contributed by atoms with Crippen molar-refractivity contribution < 1.29 is 0 Å². The number of anilines is 1. The van der Waals surface area contributed by atoms with E-state index in [1.54, 1.807) is 13.3 Å². The number of nitrogens with two attached hydrogens (primary N) is 1. The van der Waals surface area contributed by atoms with E-state index in [2.05, 4.69) is 10.4 Å². The van der Waals surface area contributed by atoms with Gasteiger partial charge in [0, 0.05) is 18.8 Å². The summed E-state index contributed by atoms with van der Waals surface area (Å²) >= 11 is 0. The van der Waals surface area contributed by atoms with Crippen molar-refractivity contribution in [3.8, 4) is 0 Å². The quantitative estimate of drug-likeness (QED) is 0.374. The Morgan fingerprint density at radius 3 is 2.82 bits per heavy atom. The van der Waals surface area contributed by atoms with Crippen molar-refractivity contribution >= 4 is 11.9 Å². The zero-order valence-electron chi connectivity index (χ0n) is 6.41. The molecule has 0 bridgehead atoms. The molecule has 0 amide bonds. The Labute approximate surface area is 65.9 Å². The van der Waals surface area contributed by atoms with E-state index in [0.717, 1.165) is 11.3 Å². The maximum absolute atomic E-state index is 5.27. The first-order chi connectivity index (χ1) is 5.38. The van der Waals surface area contributed by atoms with Gasteiger partial charge in [-0.1, -0.05) is 18.2 Å². The van der Waals surface area contributed by atoms with Gasteiger partial charge in [-0.15, -0.1) is 0 Å². The molecular formula is C8H11N3. The van der Waals surface area contributed by atoms with Gasteiger partial charge in [0.25, 0.3) is 0 Å². The molecule has 0 atom stereocenters. The van der Waals surface area contributed by atoms with Gasteiger partial charge in [0.2, 0.25) is 0 Å². The largest absolute Gasteiger partial charge is 0.323 e. The third kappa shape index (κ3) is 1.78. The molecule has 3 nitrogen and oxygen atoms in total. The molecule has 0 radical (unpaired) electrons. The number of para-hydroxylation sites is 1. The van der Waals surface area contributed by atoms with Gasteiger partial charge in [0.1, 0.15) is 0 Å². The number of aliphatic imine (C=N–C) groups is 1. The molecule has 0 aliphatic heterocycles. The summed E-state index contributed by atoms with van der Waals surface area (Å²) in [5.74, 6) is 5.27. The molecule has 1 aromatic rings. The summed E-state index contributed by atoms with van der Waals surface area (Å²) in [4.78, 5) is 3.89. The van der Waals surface area contributed by atoms with Crippen molar-refractivity contribution in [2.75, 3.05) is 12.5 Å². The first kappa shape index (κ1) is 7.75. The summed E-state index contributed by atoms with van der Waals surface area (Å²) in [5, 5.41) is 0. The Hall–Kier alpha value is -1.35. The highest BCUT2D eigenvalue weighted by Crippen LogP contribution is 2.10. The Balaban J connectivity index is 3.02. The maximum Gasteiger partial charge on any atom is 0.0572 e. The molecule has 58 valence electrons. The summed E-state index contributed by atoms with van der Waals surface area (Å²) in [7, 11) is 1.73. The molecule has 1 rings (SSSR count). The predicted octanol–water partition coefficient (Wildman–Crippen LogP) is 1.02. The number of hydrogen-bond donors (Lipinski definition) is 2. The smallest absolute Gasteiger partial charge is 0.0572 e. The lowest BCUT2D eigenvalue weighted by atomic mass is 10.2. The monoisotopic (exact) mass is 149 g/mol. The van der Waals surface area contributed by atoms with Gasteiger partial charge in [-0.05, 0) is 6.07 Å². The molecule has 3 heteroatoms. The summed E-state index contributed by atoms with van der Waals surface area (Å²) in [6, 6.07) is 7.71. The van der Waals surface area contributed by atoms with Crippen molar-refractivity contribution in [3.63, 3.8) is 0 Å². The fourth-order valence-corrected chi connectivity index (χ4v) is 0.880. The van der Waals surface area contributed by atoms with Crippen LogP contribution in [-0.4, -0.2) is 13.3 Å². The number of nitrogens with zero attached hydrogens (tertiary/aromatic N) is 1. The molecule has 0 spiro atoms. The van der Waals surface area contributed by atoms with Crippen LogP contribution in [0.2, 0.25) is 0 Å². The first-order valence-electron chi connectivity index (χ1n) is 3.36. The second-order valence-electron chi connectivity index (χ2n) is 2.12. The van der Waals surface area contributed by atoms with Crippen LogP contribution in [0.5, 0.6) is 0 Å². The van der Waals surface area contributed by atoms with E-state index in [-0.39, 0.29) is 0 Å². The highest BCUT2D eigenvalue weighted by molar-refractivity contribution is 5.87. The number of benzene rings is 1. The summed E-state index contributed by atoms with van der Waals surface area (Å²) in [6.45, 7) is 0. The van der Waals surface area contributed by atoms with Gasteiger partial charge in [0.05, 0.1) is 5.69 Å². The van der Waals surface area contributed by atoms with Gasteiger partial charge in [-0.3, -0.25) is 10.8 Å². The van der Waals surface area contributed by atoms with Crippen LogP contribution in [-0.2, 0) is 0 Å². The fourth-order valence-electron chi connectivity index (χ4n) is 0.880. The maximum atomic E-state index is 5.27. The van der Waals surface area contributed by atoms with Gasteiger partial charge in [-0.25, -0.2) is 0 Å². The highest BCUT2D eigenvalue weighted by Gasteiger charge is 1.93. The van der Waals surface area contributed by atoms with E-state index in [4.69, 9.17) is 5.84 Å².